The summed E-state index contributed by atoms with van der Waals surface area (Å²) in [6, 6.07) is 17.2. The van der Waals surface area contributed by atoms with E-state index in [0.717, 1.165) is 12.2 Å². The van der Waals surface area contributed by atoms with Gasteiger partial charge in [0.05, 0.1) is 11.3 Å². The molecule has 1 aliphatic rings. The van der Waals surface area contributed by atoms with Crippen LogP contribution in [0.4, 0.5) is 0 Å². The molecule has 3 rings (SSSR count). The van der Waals surface area contributed by atoms with Gasteiger partial charge in [-0.1, -0.05) is 55.5 Å². The SMILES string of the molecule is CC[C@H](NC(=O)[C@@H](C)SCc1ccccc1)c1ccc2c(c1)CCCC2. The fourth-order valence-electron chi connectivity index (χ4n) is 3.55. The number of rotatable bonds is 7. The van der Waals surface area contributed by atoms with Crippen molar-refractivity contribution in [1.29, 1.82) is 0 Å². The molecule has 1 N–H and O–H groups in total. The Morgan fingerprint density at radius 3 is 2.54 bits per heavy atom. The van der Waals surface area contributed by atoms with E-state index in [1.165, 1.54) is 47.9 Å². The van der Waals surface area contributed by atoms with Gasteiger partial charge in [0.2, 0.25) is 5.91 Å². The lowest BCUT2D eigenvalue weighted by molar-refractivity contribution is -0.121. The van der Waals surface area contributed by atoms with Crippen molar-refractivity contribution in [1.82, 2.24) is 5.32 Å². The maximum absolute atomic E-state index is 12.7. The summed E-state index contributed by atoms with van der Waals surface area (Å²) in [6.45, 7) is 4.15. The molecule has 1 amide bonds. The molecule has 2 aromatic rings. The monoisotopic (exact) mass is 367 g/mol. The number of aryl methyl sites for hydroxylation is 2. The summed E-state index contributed by atoms with van der Waals surface area (Å²) in [5, 5.41) is 3.21. The zero-order chi connectivity index (χ0) is 18.4. The minimum Gasteiger partial charge on any atom is -0.348 e. The molecule has 0 saturated carbocycles. The van der Waals surface area contributed by atoms with E-state index in [1.54, 1.807) is 11.8 Å². The number of benzene rings is 2. The number of hydrogen-bond donors (Lipinski definition) is 1. The number of hydrogen-bond acceptors (Lipinski definition) is 2. The molecule has 1 aliphatic carbocycles. The van der Waals surface area contributed by atoms with Crippen LogP contribution in [0.15, 0.2) is 48.5 Å². The molecule has 26 heavy (non-hydrogen) atoms. The van der Waals surface area contributed by atoms with Crippen LogP contribution < -0.4 is 5.32 Å². The second-order valence-electron chi connectivity index (χ2n) is 7.14. The summed E-state index contributed by atoms with van der Waals surface area (Å²) in [5.74, 6) is 1.00. The van der Waals surface area contributed by atoms with Gasteiger partial charge in [0.1, 0.15) is 0 Å². The number of carbonyl (C=O) groups excluding carboxylic acids is 1. The fourth-order valence-corrected chi connectivity index (χ4v) is 4.41. The largest absolute Gasteiger partial charge is 0.348 e. The Bertz CT molecular complexity index is 728. The molecule has 0 saturated heterocycles. The molecule has 0 unspecified atom stereocenters. The van der Waals surface area contributed by atoms with Gasteiger partial charge in [0.15, 0.2) is 0 Å². The molecule has 0 fully saturated rings. The third kappa shape index (κ3) is 4.91. The van der Waals surface area contributed by atoms with Gasteiger partial charge in [-0.3, -0.25) is 4.79 Å². The summed E-state index contributed by atoms with van der Waals surface area (Å²) >= 11 is 1.70. The molecule has 0 radical (unpaired) electrons. The van der Waals surface area contributed by atoms with E-state index in [2.05, 4.69) is 42.6 Å². The van der Waals surface area contributed by atoms with Gasteiger partial charge in [0.25, 0.3) is 0 Å². The molecule has 2 aromatic carbocycles. The number of nitrogens with one attached hydrogen (secondary N) is 1. The van der Waals surface area contributed by atoms with E-state index in [1.807, 2.05) is 25.1 Å². The number of fused-ring (bicyclic) bond motifs is 1. The van der Waals surface area contributed by atoms with Gasteiger partial charge in [-0.15, -0.1) is 11.8 Å². The summed E-state index contributed by atoms with van der Waals surface area (Å²) in [7, 11) is 0. The smallest absolute Gasteiger partial charge is 0.233 e. The lowest BCUT2D eigenvalue weighted by atomic mass is 9.89. The standard InChI is InChI=1S/C23H29NOS/c1-3-22(21-14-13-19-11-7-8-12-20(19)15-21)24-23(25)17(2)26-16-18-9-5-4-6-10-18/h4-6,9-10,13-15,17,22H,3,7-8,11-12,16H2,1-2H3,(H,24,25)/t17-,22+/m1/s1. The minimum atomic E-state index is -0.0538. The lowest BCUT2D eigenvalue weighted by Crippen LogP contribution is -2.34. The van der Waals surface area contributed by atoms with Crippen LogP contribution in [0.25, 0.3) is 0 Å². The van der Waals surface area contributed by atoms with Crippen molar-refractivity contribution in [3.8, 4) is 0 Å². The minimum absolute atomic E-state index is 0.0538. The summed E-state index contributed by atoms with van der Waals surface area (Å²) in [6.07, 6.45) is 5.88. The number of thioether (sulfide) groups is 1. The zero-order valence-electron chi connectivity index (χ0n) is 15.8. The molecule has 138 valence electrons. The highest BCUT2D eigenvalue weighted by molar-refractivity contribution is 7.99. The summed E-state index contributed by atoms with van der Waals surface area (Å²) in [4.78, 5) is 12.7. The predicted molar refractivity (Wildman–Crippen MR) is 111 cm³/mol. The van der Waals surface area contributed by atoms with E-state index in [9.17, 15) is 4.79 Å². The van der Waals surface area contributed by atoms with Crippen molar-refractivity contribution >= 4 is 17.7 Å². The Kier molecular flexibility index (Phi) is 6.79. The van der Waals surface area contributed by atoms with Crippen LogP contribution in [0, 0.1) is 0 Å². The van der Waals surface area contributed by atoms with Crippen molar-refractivity contribution in [2.45, 2.75) is 63.0 Å². The quantitative estimate of drug-likeness (QED) is 0.704. The van der Waals surface area contributed by atoms with Crippen molar-refractivity contribution in [3.05, 3.63) is 70.8 Å². The molecule has 0 heterocycles. The van der Waals surface area contributed by atoms with E-state index in [4.69, 9.17) is 0 Å². The van der Waals surface area contributed by atoms with Crippen LogP contribution in [0.2, 0.25) is 0 Å². The van der Waals surface area contributed by atoms with Crippen molar-refractivity contribution in [3.63, 3.8) is 0 Å². The van der Waals surface area contributed by atoms with Crippen LogP contribution in [0.1, 0.15) is 61.4 Å². The topological polar surface area (TPSA) is 29.1 Å². The van der Waals surface area contributed by atoms with E-state index < -0.39 is 0 Å². The first-order chi connectivity index (χ1) is 12.7. The average molecular weight is 368 g/mol. The third-order valence-corrected chi connectivity index (χ3v) is 6.43. The predicted octanol–water partition coefficient (Wildman–Crippen LogP) is 5.45. The number of carbonyl (C=O) groups is 1. The first-order valence-electron chi connectivity index (χ1n) is 9.75. The Hall–Kier alpha value is -1.74. The van der Waals surface area contributed by atoms with Crippen LogP contribution in [-0.4, -0.2) is 11.2 Å². The van der Waals surface area contributed by atoms with Crippen LogP contribution >= 0.6 is 11.8 Å². The van der Waals surface area contributed by atoms with Gasteiger partial charge in [-0.2, -0.15) is 0 Å². The first kappa shape index (κ1) is 19.0. The van der Waals surface area contributed by atoms with Crippen molar-refractivity contribution < 1.29 is 4.79 Å². The molecular formula is C23H29NOS. The van der Waals surface area contributed by atoms with Gasteiger partial charge in [0, 0.05) is 5.75 Å². The summed E-state index contributed by atoms with van der Waals surface area (Å²) < 4.78 is 0. The average Bonchev–Trinajstić information content (AvgIpc) is 2.70. The third-order valence-electron chi connectivity index (χ3n) is 5.21. The Labute approximate surface area is 161 Å². The highest BCUT2D eigenvalue weighted by atomic mass is 32.2. The molecule has 0 aromatic heterocycles. The van der Waals surface area contributed by atoms with E-state index in [-0.39, 0.29) is 17.2 Å². The Morgan fingerprint density at radius 2 is 1.81 bits per heavy atom. The fraction of sp³-hybridized carbons (Fsp3) is 0.435. The Balaban J connectivity index is 1.59. The van der Waals surface area contributed by atoms with Gasteiger partial charge in [-0.25, -0.2) is 0 Å². The van der Waals surface area contributed by atoms with E-state index >= 15 is 0 Å². The molecule has 0 bridgehead atoms. The van der Waals surface area contributed by atoms with E-state index in [0.29, 0.717) is 0 Å². The second-order valence-corrected chi connectivity index (χ2v) is 8.47. The molecule has 2 nitrogen and oxygen atoms in total. The normalized spacial score (nSPS) is 15.8. The van der Waals surface area contributed by atoms with Crippen LogP contribution in [-0.2, 0) is 23.4 Å². The van der Waals surface area contributed by atoms with Crippen molar-refractivity contribution in [2.75, 3.05) is 0 Å². The maximum atomic E-state index is 12.7. The lowest BCUT2D eigenvalue weighted by Gasteiger charge is -2.23. The Morgan fingerprint density at radius 1 is 1.08 bits per heavy atom. The summed E-state index contributed by atoms with van der Waals surface area (Å²) in [5.41, 5.74) is 5.49. The second kappa shape index (κ2) is 9.27. The van der Waals surface area contributed by atoms with Crippen LogP contribution in [0.5, 0.6) is 0 Å². The highest BCUT2D eigenvalue weighted by Gasteiger charge is 2.19. The molecule has 2 atom stereocenters. The highest BCUT2D eigenvalue weighted by Crippen LogP contribution is 2.26. The zero-order valence-corrected chi connectivity index (χ0v) is 16.6. The van der Waals surface area contributed by atoms with Gasteiger partial charge < -0.3 is 5.32 Å². The van der Waals surface area contributed by atoms with Gasteiger partial charge in [-0.05, 0) is 61.3 Å². The molecule has 0 aliphatic heterocycles. The van der Waals surface area contributed by atoms with Gasteiger partial charge >= 0.3 is 0 Å². The first-order valence-corrected chi connectivity index (χ1v) is 10.8. The van der Waals surface area contributed by atoms with Crippen molar-refractivity contribution in [2.24, 2.45) is 0 Å². The maximum Gasteiger partial charge on any atom is 0.233 e. The number of amides is 1. The van der Waals surface area contributed by atoms with Crippen LogP contribution in [0.3, 0.4) is 0 Å². The molecular weight excluding hydrogens is 338 g/mol. The molecule has 0 spiro atoms. The molecule has 3 heteroatoms.